The van der Waals surface area contributed by atoms with Gasteiger partial charge in [0, 0.05) is 0 Å². The Morgan fingerprint density at radius 3 is 1.55 bits per heavy atom. The second-order valence-electron chi connectivity index (χ2n) is 8.79. The molecule has 0 saturated carbocycles. The molecule has 0 N–H and O–H groups in total. The lowest BCUT2D eigenvalue weighted by Crippen LogP contribution is -2.29. The predicted octanol–water partition coefficient (Wildman–Crippen LogP) is 8.13. The first-order valence-electron chi connectivity index (χ1n) is 11.7. The third-order valence-electron chi connectivity index (χ3n) is 5.72. The van der Waals surface area contributed by atoms with Crippen LogP contribution in [0.15, 0.2) is 138 Å². The van der Waals surface area contributed by atoms with E-state index in [9.17, 15) is 0 Å². The van der Waals surface area contributed by atoms with Gasteiger partial charge < -0.3 is 0 Å². The molecule has 0 saturated heterocycles. The Hall–Kier alpha value is -2.95. The van der Waals surface area contributed by atoms with E-state index >= 15 is 0 Å². The molecule has 0 spiro atoms. The summed E-state index contributed by atoms with van der Waals surface area (Å²) in [5.74, 6) is 2.52. The molecule has 33 heavy (non-hydrogen) atoms. The first kappa shape index (κ1) is 24.7. The van der Waals surface area contributed by atoms with E-state index in [2.05, 4.69) is 149 Å². The van der Waals surface area contributed by atoms with E-state index in [1.807, 2.05) is 0 Å². The normalized spacial score (nSPS) is 12.7. The van der Waals surface area contributed by atoms with Crippen molar-refractivity contribution in [1.82, 2.24) is 0 Å². The second-order valence-corrected chi connectivity index (χ2v) is 12.0. The van der Waals surface area contributed by atoms with Crippen molar-refractivity contribution in [1.29, 1.82) is 0 Å². The summed E-state index contributed by atoms with van der Waals surface area (Å²) in [4.78, 5) is 0. The molecule has 168 valence electrons. The lowest BCUT2D eigenvalue weighted by atomic mass is 10.1. The molecule has 0 heterocycles. The summed E-state index contributed by atoms with van der Waals surface area (Å²) in [6.07, 6.45) is 11.2. The minimum Gasteiger partial charge on any atom is -0.0856 e. The van der Waals surface area contributed by atoms with Crippen LogP contribution in [0.25, 0.3) is 0 Å². The summed E-state index contributed by atoms with van der Waals surface area (Å²) in [7, 11) is -1.94. The Morgan fingerprint density at radius 1 is 0.667 bits per heavy atom. The van der Waals surface area contributed by atoms with Gasteiger partial charge in [-0.15, -0.1) is 0 Å². The summed E-state index contributed by atoms with van der Waals surface area (Å²) >= 11 is 0. The molecule has 0 aliphatic carbocycles. The van der Waals surface area contributed by atoms with Crippen molar-refractivity contribution in [2.24, 2.45) is 0 Å². The molecule has 0 aliphatic heterocycles. The maximum absolute atomic E-state index is 2.52. The van der Waals surface area contributed by atoms with Crippen molar-refractivity contribution in [3.8, 4) is 0 Å². The molecule has 3 aromatic rings. The highest BCUT2D eigenvalue weighted by atomic mass is 31.2. The molecule has 3 rings (SSSR count). The first-order chi connectivity index (χ1) is 16.0. The van der Waals surface area contributed by atoms with Gasteiger partial charge in [0.25, 0.3) is 0 Å². The summed E-state index contributed by atoms with van der Waals surface area (Å²) in [5.41, 5.74) is 4.08. The highest BCUT2D eigenvalue weighted by Gasteiger charge is 2.43. The topological polar surface area (TPSA) is 0 Å². The molecule has 0 radical (unpaired) electrons. The van der Waals surface area contributed by atoms with E-state index in [4.69, 9.17) is 0 Å². The number of hydrogen-bond acceptors (Lipinski definition) is 0. The Bertz CT molecular complexity index is 1020. The largest absolute Gasteiger partial charge is 0.137 e. The minimum atomic E-state index is -1.94. The van der Waals surface area contributed by atoms with Crippen molar-refractivity contribution in [2.45, 2.75) is 40.5 Å². The predicted molar refractivity (Wildman–Crippen MR) is 150 cm³/mol. The van der Waals surface area contributed by atoms with Gasteiger partial charge in [0.05, 0.1) is 5.82 Å². The highest BCUT2D eigenvalue weighted by Crippen LogP contribution is 2.57. The second kappa shape index (κ2) is 12.3. The number of rotatable bonds is 9. The third kappa shape index (κ3) is 6.77. The van der Waals surface area contributed by atoms with Crippen molar-refractivity contribution >= 4 is 23.2 Å². The van der Waals surface area contributed by atoms with Crippen molar-refractivity contribution in [3.63, 3.8) is 0 Å². The van der Waals surface area contributed by atoms with Crippen LogP contribution >= 0.6 is 7.26 Å². The molecule has 3 aromatic carbocycles. The van der Waals surface area contributed by atoms with E-state index in [1.165, 1.54) is 32.6 Å². The van der Waals surface area contributed by atoms with E-state index in [0.29, 0.717) is 0 Å². The van der Waals surface area contributed by atoms with Crippen LogP contribution in [-0.2, 0) is 0 Å². The van der Waals surface area contributed by atoms with Crippen molar-refractivity contribution < 1.29 is 0 Å². The summed E-state index contributed by atoms with van der Waals surface area (Å²) in [6, 6.07) is 33.0. The van der Waals surface area contributed by atoms with Gasteiger partial charge in [-0.05, 0) is 82.5 Å². The van der Waals surface area contributed by atoms with Crippen LogP contribution in [0, 0.1) is 0 Å². The Balaban J connectivity index is 2.05. The molecule has 0 bridgehead atoms. The monoisotopic (exact) mass is 451 g/mol. The lowest BCUT2D eigenvalue weighted by molar-refractivity contribution is 0.967. The van der Waals surface area contributed by atoms with E-state index in [1.54, 1.807) is 0 Å². The van der Waals surface area contributed by atoms with Gasteiger partial charge >= 0.3 is 0 Å². The minimum absolute atomic E-state index is 1.10. The molecule has 0 unspecified atom stereocenters. The summed E-state index contributed by atoms with van der Waals surface area (Å²) < 4.78 is 0. The smallest absolute Gasteiger partial charge is 0.0856 e. The molecule has 0 fully saturated rings. The Labute approximate surface area is 201 Å². The number of hydrogen-bond donors (Lipinski definition) is 0. The molecule has 0 aromatic heterocycles. The Morgan fingerprint density at radius 2 is 1.12 bits per heavy atom. The standard InChI is InChI=1S/C32H36P/c1-27(2)16-14-17-28(3)18-15-19-29(4)26-33(30-20-8-5-9-21-30,31-22-10-6-11-23-31)32-24-12-7-13-25-32/h5-13,15-16,18-26H,14,17H2,1-4H3/q+1/b19-15+,28-18+,29-26+. The number of benzene rings is 3. The Kier molecular flexibility index (Phi) is 9.23. The molecular weight excluding hydrogens is 415 g/mol. The zero-order valence-corrected chi connectivity index (χ0v) is 21.3. The van der Waals surface area contributed by atoms with Crippen LogP contribution in [0.4, 0.5) is 0 Å². The van der Waals surface area contributed by atoms with Crippen molar-refractivity contribution in [2.75, 3.05) is 0 Å². The fourth-order valence-electron chi connectivity index (χ4n) is 4.04. The zero-order valence-electron chi connectivity index (χ0n) is 20.4. The molecule has 0 nitrogen and oxygen atoms in total. The van der Waals surface area contributed by atoms with Crippen molar-refractivity contribution in [3.05, 3.63) is 138 Å². The fraction of sp³-hybridized carbons (Fsp3) is 0.188. The van der Waals surface area contributed by atoms with E-state index in [-0.39, 0.29) is 0 Å². The SMILES string of the molecule is CC(C)=CCC/C(C)=C/C=C/C(C)=C/[P+](c1ccccc1)(c1ccccc1)c1ccccc1. The summed E-state index contributed by atoms with van der Waals surface area (Å²) in [6.45, 7) is 8.77. The van der Waals surface area contributed by atoms with Gasteiger partial charge in [0.1, 0.15) is 23.2 Å². The van der Waals surface area contributed by atoms with Gasteiger partial charge in [0.15, 0.2) is 0 Å². The molecule has 1 heteroatoms. The first-order valence-corrected chi connectivity index (χ1v) is 13.6. The van der Waals surface area contributed by atoms with Crippen LogP contribution in [0.3, 0.4) is 0 Å². The van der Waals surface area contributed by atoms with Gasteiger partial charge in [0.2, 0.25) is 0 Å². The third-order valence-corrected chi connectivity index (χ3v) is 9.85. The maximum atomic E-state index is 2.52. The maximum Gasteiger partial charge on any atom is 0.137 e. The summed E-state index contributed by atoms with van der Waals surface area (Å²) in [5, 5.41) is 4.13. The average molecular weight is 452 g/mol. The highest BCUT2D eigenvalue weighted by molar-refractivity contribution is 7.98. The number of allylic oxidation sites excluding steroid dienone is 7. The average Bonchev–Trinajstić information content (AvgIpc) is 2.84. The van der Waals surface area contributed by atoms with Gasteiger partial charge in [-0.25, -0.2) is 0 Å². The lowest BCUT2D eigenvalue weighted by Gasteiger charge is -2.24. The van der Waals surface area contributed by atoms with E-state index < -0.39 is 7.26 Å². The van der Waals surface area contributed by atoms with Crippen LogP contribution in [0.1, 0.15) is 40.5 Å². The molecular formula is C32H36P+. The van der Waals surface area contributed by atoms with Gasteiger partial charge in [-0.2, -0.15) is 0 Å². The van der Waals surface area contributed by atoms with Crippen LogP contribution < -0.4 is 15.9 Å². The fourth-order valence-corrected chi connectivity index (χ4v) is 8.01. The van der Waals surface area contributed by atoms with Gasteiger partial charge in [-0.1, -0.05) is 90.0 Å². The molecule has 0 aliphatic rings. The zero-order chi connectivity index (χ0) is 23.5. The van der Waals surface area contributed by atoms with E-state index in [0.717, 1.165) is 12.8 Å². The quantitative estimate of drug-likeness (QED) is 0.175. The molecule has 0 amide bonds. The van der Waals surface area contributed by atoms with Crippen LogP contribution in [-0.4, -0.2) is 0 Å². The van der Waals surface area contributed by atoms with Crippen LogP contribution in [0.5, 0.6) is 0 Å². The van der Waals surface area contributed by atoms with Gasteiger partial charge in [-0.3, -0.25) is 0 Å². The molecule has 0 atom stereocenters. The van der Waals surface area contributed by atoms with Crippen LogP contribution in [0.2, 0.25) is 0 Å².